The lowest BCUT2D eigenvalue weighted by atomic mass is 10.1. The van der Waals surface area contributed by atoms with E-state index in [1.54, 1.807) is 0 Å². The summed E-state index contributed by atoms with van der Waals surface area (Å²) in [4.78, 5) is 7.42. The highest BCUT2D eigenvalue weighted by molar-refractivity contribution is 5.68. The van der Waals surface area contributed by atoms with Crippen molar-refractivity contribution >= 4 is 11.3 Å². The summed E-state index contributed by atoms with van der Waals surface area (Å²) in [5, 5.41) is 0. The van der Waals surface area contributed by atoms with Gasteiger partial charge in [-0.05, 0) is 62.7 Å². The Morgan fingerprint density at radius 3 is 2.39 bits per heavy atom. The molecule has 0 unspecified atom stereocenters. The molecule has 0 atom stereocenters. The van der Waals surface area contributed by atoms with E-state index in [9.17, 15) is 0 Å². The van der Waals surface area contributed by atoms with Crippen LogP contribution in [0.1, 0.15) is 32.0 Å². The minimum Gasteiger partial charge on any atom is -0.494 e. The summed E-state index contributed by atoms with van der Waals surface area (Å²) in [6.07, 6.45) is 1.97. The molecule has 31 heavy (non-hydrogen) atoms. The van der Waals surface area contributed by atoms with E-state index in [0.29, 0.717) is 12.6 Å². The Balaban J connectivity index is 1.75. The minimum absolute atomic E-state index is 0.375. The molecule has 2 aromatic carbocycles. The smallest absolute Gasteiger partial charge is 0.137 e. The van der Waals surface area contributed by atoms with Crippen LogP contribution in [0.2, 0.25) is 0 Å². The van der Waals surface area contributed by atoms with Gasteiger partial charge in [-0.25, -0.2) is 4.98 Å². The van der Waals surface area contributed by atoms with E-state index >= 15 is 0 Å². The number of benzene rings is 2. The summed E-state index contributed by atoms with van der Waals surface area (Å²) in [5.41, 5.74) is 12.2. The zero-order chi connectivity index (χ0) is 21.8. The van der Waals surface area contributed by atoms with Crippen molar-refractivity contribution < 1.29 is 4.74 Å². The number of anilines is 1. The molecule has 4 aromatic rings. The average Bonchev–Trinajstić information content (AvgIpc) is 3.12. The number of ether oxygens (including phenoxy) is 1. The molecular weight excluding hydrogens is 384 g/mol. The van der Waals surface area contributed by atoms with Crippen LogP contribution in [0.25, 0.3) is 16.9 Å². The molecule has 0 aliphatic rings. The summed E-state index contributed by atoms with van der Waals surface area (Å²) in [7, 11) is 0. The molecule has 2 heterocycles. The third-order valence-electron chi connectivity index (χ3n) is 5.49. The van der Waals surface area contributed by atoms with Crippen LogP contribution in [0, 0.1) is 0 Å². The summed E-state index contributed by atoms with van der Waals surface area (Å²) < 4.78 is 7.74. The van der Waals surface area contributed by atoms with Gasteiger partial charge in [-0.3, -0.25) is 4.90 Å². The summed E-state index contributed by atoms with van der Waals surface area (Å²) in [6, 6.07) is 23.0. The van der Waals surface area contributed by atoms with E-state index in [1.165, 1.54) is 5.56 Å². The first-order chi connectivity index (χ1) is 15.0. The number of aromatic nitrogens is 2. The number of nitrogen functional groups attached to an aromatic ring is 1. The predicted molar refractivity (Wildman–Crippen MR) is 127 cm³/mol. The van der Waals surface area contributed by atoms with E-state index in [2.05, 4.69) is 65.6 Å². The number of hydrogen-bond acceptors (Lipinski definition) is 4. The van der Waals surface area contributed by atoms with Crippen molar-refractivity contribution in [3.05, 3.63) is 84.2 Å². The molecule has 0 saturated heterocycles. The SMILES string of the molecule is CCOc1ccc(-c2nc3ccc(N)cn3c2CN(Cc2ccccc2)C(C)C)cc1. The molecule has 5 nitrogen and oxygen atoms in total. The van der Waals surface area contributed by atoms with Gasteiger partial charge in [0, 0.05) is 36.6 Å². The van der Waals surface area contributed by atoms with Crippen molar-refractivity contribution in [2.45, 2.75) is 39.9 Å². The third-order valence-corrected chi connectivity index (χ3v) is 5.49. The number of fused-ring (bicyclic) bond motifs is 1. The van der Waals surface area contributed by atoms with E-state index in [1.807, 2.05) is 37.4 Å². The fraction of sp³-hybridized carbons (Fsp3) is 0.269. The highest BCUT2D eigenvalue weighted by Gasteiger charge is 2.19. The fourth-order valence-electron chi connectivity index (χ4n) is 3.80. The van der Waals surface area contributed by atoms with Crippen LogP contribution in [0.3, 0.4) is 0 Å². The molecule has 0 saturated carbocycles. The van der Waals surface area contributed by atoms with Gasteiger partial charge in [-0.15, -0.1) is 0 Å². The van der Waals surface area contributed by atoms with Gasteiger partial charge in [0.2, 0.25) is 0 Å². The first-order valence-corrected chi connectivity index (χ1v) is 10.8. The van der Waals surface area contributed by atoms with Crippen LogP contribution >= 0.6 is 0 Å². The lowest BCUT2D eigenvalue weighted by molar-refractivity contribution is 0.201. The largest absolute Gasteiger partial charge is 0.494 e. The Bertz CT molecular complexity index is 1130. The Morgan fingerprint density at radius 1 is 0.968 bits per heavy atom. The Labute approximate surface area is 184 Å². The molecule has 0 amide bonds. The second kappa shape index (κ2) is 9.23. The highest BCUT2D eigenvalue weighted by atomic mass is 16.5. The molecule has 0 bridgehead atoms. The number of pyridine rings is 1. The standard InChI is InChI=1S/C26H30N4O/c1-4-31-23-13-10-21(11-14-23)26-24(30-17-22(27)12-15-25(30)28-26)18-29(19(2)3)16-20-8-6-5-7-9-20/h5-15,17,19H,4,16,18,27H2,1-3H3. The van der Waals surface area contributed by atoms with Crippen LogP contribution in [0.5, 0.6) is 5.75 Å². The topological polar surface area (TPSA) is 55.8 Å². The summed E-state index contributed by atoms with van der Waals surface area (Å²) in [6.45, 7) is 8.75. The van der Waals surface area contributed by atoms with Crippen LogP contribution in [0.15, 0.2) is 72.9 Å². The van der Waals surface area contributed by atoms with E-state index in [4.69, 9.17) is 15.5 Å². The minimum atomic E-state index is 0.375. The van der Waals surface area contributed by atoms with Crippen LogP contribution in [0.4, 0.5) is 5.69 Å². The maximum Gasteiger partial charge on any atom is 0.137 e. The first-order valence-electron chi connectivity index (χ1n) is 10.8. The third kappa shape index (κ3) is 4.72. The summed E-state index contributed by atoms with van der Waals surface area (Å²) in [5.74, 6) is 0.869. The maximum atomic E-state index is 6.13. The molecule has 2 N–H and O–H groups in total. The second-order valence-electron chi connectivity index (χ2n) is 8.04. The quantitative estimate of drug-likeness (QED) is 0.420. The maximum absolute atomic E-state index is 6.13. The van der Waals surface area contributed by atoms with E-state index < -0.39 is 0 Å². The van der Waals surface area contributed by atoms with Gasteiger partial charge in [0.15, 0.2) is 0 Å². The van der Waals surface area contributed by atoms with Crippen LogP contribution in [-0.2, 0) is 13.1 Å². The average molecular weight is 415 g/mol. The van der Waals surface area contributed by atoms with E-state index in [0.717, 1.165) is 47.1 Å². The lowest BCUT2D eigenvalue weighted by Gasteiger charge is -2.27. The van der Waals surface area contributed by atoms with E-state index in [-0.39, 0.29) is 0 Å². The number of hydrogen-bond donors (Lipinski definition) is 1. The fourth-order valence-corrected chi connectivity index (χ4v) is 3.80. The zero-order valence-corrected chi connectivity index (χ0v) is 18.5. The molecule has 160 valence electrons. The van der Waals surface area contributed by atoms with Gasteiger partial charge < -0.3 is 14.9 Å². The van der Waals surface area contributed by atoms with Crippen LogP contribution < -0.4 is 10.5 Å². The molecule has 0 fully saturated rings. The van der Waals surface area contributed by atoms with Crippen molar-refractivity contribution in [1.29, 1.82) is 0 Å². The van der Waals surface area contributed by atoms with Crippen molar-refractivity contribution in [3.8, 4) is 17.0 Å². The van der Waals surface area contributed by atoms with Gasteiger partial charge in [0.1, 0.15) is 11.4 Å². The number of nitrogens with zero attached hydrogens (tertiary/aromatic N) is 3. The van der Waals surface area contributed by atoms with Crippen molar-refractivity contribution in [3.63, 3.8) is 0 Å². The van der Waals surface area contributed by atoms with Gasteiger partial charge in [0.25, 0.3) is 0 Å². The van der Waals surface area contributed by atoms with Crippen molar-refractivity contribution in [1.82, 2.24) is 14.3 Å². The van der Waals surface area contributed by atoms with Crippen LogP contribution in [-0.4, -0.2) is 26.9 Å². The Morgan fingerprint density at radius 2 is 1.71 bits per heavy atom. The molecule has 0 radical (unpaired) electrons. The number of nitrogens with two attached hydrogens (primary N) is 1. The Hall–Kier alpha value is -3.31. The van der Waals surface area contributed by atoms with Gasteiger partial charge in [0.05, 0.1) is 18.0 Å². The molecule has 5 heteroatoms. The molecule has 2 aromatic heterocycles. The highest BCUT2D eigenvalue weighted by Crippen LogP contribution is 2.29. The molecule has 0 aliphatic heterocycles. The Kier molecular flexibility index (Phi) is 6.23. The molecule has 4 rings (SSSR count). The molecule has 0 aliphatic carbocycles. The van der Waals surface area contributed by atoms with Gasteiger partial charge >= 0.3 is 0 Å². The molecular formula is C26H30N4O. The predicted octanol–water partition coefficient (Wildman–Crippen LogP) is 5.39. The zero-order valence-electron chi connectivity index (χ0n) is 18.5. The summed E-state index contributed by atoms with van der Waals surface area (Å²) >= 11 is 0. The van der Waals surface area contributed by atoms with Gasteiger partial charge in [-0.1, -0.05) is 30.3 Å². The van der Waals surface area contributed by atoms with Gasteiger partial charge in [-0.2, -0.15) is 0 Å². The van der Waals surface area contributed by atoms with Crippen molar-refractivity contribution in [2.75, 3.05) is 12.3 Å². The van der Waals surface area contributed by atoms with Crippen molar-refractivity contribution in [2.24, 2.45) is 0 Å². The number of rotatable bonds is 8. The monoisotopic (exact) mass is 414 g/mol. The molecule has 0 spiro atoms. The lowest BCUT2D eigenvalue weighted by Crippen LogP contribution is -2.30. The normalized spacial score (nSPS) is 11.5. The second-order valence-corrected chi connectivity index (χ2v) is 8.04. The first kappa shape index (κ1) is 20.9. The number of imidazole rings is 1.